The van der Waals surface area contributed by atoms with E-state index in [0.717, 1.165) is 32.1 Å². The van der Waals surface area contributed by atoms with Gasteiger partial charge in [-0.25, -0.2) is 13.1 Å². The molecule has 0 aromatic heterocycles. The fourth-order valence-electron chi connectivity index (χ4n) is 3.14. The van der Waals surface area contributed by atoms with Gasteiger partial charge in [-0.05, 0) is 42.9 Å². The Kier molecular flexibility index (Phi) is 6.45. The summed E-state index contributed by atoms with van der Waals surface area (Å²) in [5.74, 6) is 0.579. The van der Waals surface area contributed by atoms with Crippen molar-refractivity contribution in [2.24, 2.45) is 5.92 Å². The average Bonchev–Trinajstić information content (AvgIpc) is 2.41. The molecule has 1 fully saturated rings. The quantitative estimate of drug-likeness (QED) is 0.879. The first-order valence-electron chi connectivity index (χ1n) is 8.58. The highest BCUT2D eigenvalue weighted by Crippen LogP contribution is 2.20. The Morgan fingerprint density at radius 1 is 1.00 bits per heavy atom. The van der Waals surface area contributed by atoms with E-state index in [4.69, 9.17) is 0 Å². The third-order valence-electron chi connectivity index (χ3n) is 4.30. The number of nitrogens with one attached hydrogen (secondary N) is 1. The van der Waals surface area contributed by atoms with Gasteiger partial charge in [-0.3, -0.25) is 0 Å². The van der Waals surface area contributed by atoms with Crippen molar-refractivity contribution >= 4 is 10.0 Å². The zero-order valence-electron chi connectivity index (χ0n) is 13.8. The molecule has 1 aliphatic rings. The van der Waals surface area contributed by atoms with Gasteiger partial charge >= 0.3 is 0 Å². The van der Waals surface area contributed by atoms with E-state index in [1.807, 2.05) is 12.1 Å². The lowest BCUT2D eigenvalue weighted by atomic mass is 9.97. The molecule has 1 saturated carbocycles. The van der Waals surface area contributed by atoms with Crippen molar-refractivity contribution in [3.8, 4) is 0 Å². The Hall–Kier alpha value is -0.870. The molecule has 4 heteroatoms. The first-order valence-corrected chi connectivity index (χ1v) is 10.1. The lowest BCUT2D eigenvalue weighted by Gasteiger charge is -2.21. The van der Waals surface area contributed by atoms with Crippen LogP contribution < -0.4 is 4.72 Å². The van der Waals surface area contributed by atoms with E-state index < -0.39 is 10.0 Å². The Balaban J connectivity index is 2.02. The van der Waals surface area contributed by atoms with Crippen molar-refractivity contribution < 1.29 is 8.42 Å². The van der Waals surface area contributed by atoms with E-state index in [1.54, 1.807) is 12.1 Å². The van der Waals surface area contributed by atoms with Gasteiger partial charge in [-0.2, -0.15) is 0 Å². The van der Waals surface area contributed by atoms with Crippen molar-refractivity contribution in [3.63, 3.8) is 0 Å². The molecule has 124 valence electrons. The first kappa shape index (κ1) is 17.5. The van der Waals surface area contributed by atoms with Crippen molar-refractivity contribution in [2.75, 3.05) is 0 Å². The fraction of sp³-hybridized carbons (Fsp3) is 0.667. The minimum absolute atomic E-state index is 0.0978. The summed E-state index contributed by atoms with van der Waals surface area (Å²) in [6.45, 7) is 4.33. The van der Waals surface area contributed by atoms with Gasteiger partial charge in [0.05, 0.1) is 4.90 Å². The van der Waals surface area contributed by atoms with Crippen LogP contribution in [-0.2, 0) is 16.4 Å². The summed E-state index contributed by atoms with van der Waals surface area (Å²) in [6, 6.07) is 7.45. The summed E-state index contributed by atoms with van der Waals surface area (Å²) in [6.07, 6.45) is 8.90. The summed E-state index contributed by atoms with van der Waals surface area (Å²) in [4.78, 5) is 0.391. The monoisotopic (exact) mass is 323 g/mol. The normalized spacial score (nSPS) is 18.1. The topological polar surface area (TPSA) is 46.2 Å². The number of sulfonamides is 1. The van der Waals surface area contributed by atoms with Gasteiger partial charge in [0.25, 0.3) is 0 Å². The van der Waals surface area contributed by atoms with Gasteiger partial charge in [0.2, 0.25) is 10.0 Å². The second kappa shape index (κ2) is 8.11. The Morgan fingerprint density at radius 2 is 1.55 bits per heavy atom. The summed E-state index contributed by atoms with van der Waals surface area (Å²) >= 11 is 0. The van der Waals surface area contributed by atoms with Gasteiger partial charge in [0.1, 0.15) is 0 Å². The van der Waals surface area contributed by atoms with Crippen molar-refractivity contribution in [2.45, 2.75) is 76.2 Å². The van der Waals surface area contributed by atoms with E-state index in [2.05, 4.69) is 18.6 Å². The minimum atomic E-state index is -3.38. The van der Waals surface area contributed by atoms with E-state index in [-0.39, 0.29) is 6.04 Å². The first-order chi connectivity index (χ1) is 10.5. The van der Waals surface area contributed by atoms with E-state index >= 15 is 0 Å². The Bertz CT molecular complexity index is 541. The van der Waals surface area contributed by atoms with E-state index in [0.29, 0.717) is 10.8 Å². The van der Waals surface area contributed by atoms with Gasteiger partial charge in [-0.15, -0.1) is 0 Å². The summed E-state index contributed by atoms with van der Waals surface area (Å²) in [5, 5.41) is 0. The maximum absolute atomic E-state index is 12.5. The molecule has 1 aromatic rings. The average molecular weight is 324 g/mol. The van der Waals surface area contributed by atoms with Crippen LogP contribution in [-0.4, -0.2) is 14.5 Å². The van der Waals surface area contributed by atoms with Crippen molar-refractivity contribution in [3.05, 3.63) is 29.8 Å². The summed E-state index contributed by atoms with van der Waals surface area (Å²) in [7, 11) is -3.38. The molecule has 0 amide bonds. The summed E-state index contributed by atoms with van der Waals surface area (Å²) in [5.41, 5.74) is 1.19. The number of hydrogen-bond donors (Lipinski definition) is 1. The molecule has 0 aliphatic heterocycles. The second-order valence-corrected chi connectivity index (χ2v) is 8.62. The molecule has 0 unspecified atom stereocenters. The Labute approximate surface area is 135 Å². The fourth-order valence-corrected chi connectivity index (χ4v) is 4.44. The number of hydrogen-bond acceptors (Lipinski definition) is 2. The van der Waals surface area contributed by atoms with Crippen LogP contribution in [0.15, 0.2) is 29.2 Å². The largest absolute Gasteiger partial charge is 0.240 e. The van der Waals surface area contributed by atoms with Crippen LogP contribution in [0.1, 0.15) is 64.4 Å². The number of benzene rings is 1. The minimum Gasteiger partial charge on any atom is -0.208 e. The van der Waals surface area contributed by atoms with Gasteiger partial charge in [-0.1, -0.05) is 58.1 Å². The molecule has 3 nitrogen and oxygen atoms in total. The van der Waals surface area contributed by atoms with Crippen LogP contribution in [0.25, 0.3) is 0 Å². The third kappa shape index (κ3) is 5.40. The third-order valence-corrected chi connectivity index (χ3v) is 5.84. The molecule has 0 bridgehead atoms. The Morgan fingerprint density at radius 3 is 2.09 bits per heavy atom. The lowest BCUT2D eigenvalue weighted by Crippen LogP contribution is -2.35. The van der Waals surface area contributed by atoms with E-state index in [9.17, 15) is 8.42 Å². The molecule has 2 rings (SSSR count). The maximum atomic E-state index is 12.5. The SMILES string of the molecule is CC(C)Cc1ccc(S(=O)(=O)NC2CCCCCCC2)cc1. The van der Waals surface area contributed by atoms with Crippen LogP contribution in [0.2, 0.25) is 0 Å². The molecule has 1 N–H and O–H groups in total. The predicted molar refractivity (Wildman–Crippen MR) is 91.4 cm³/mol. The second-order valence-electron chi connectivity index (χ2n) is 6.91. The molecule has 1 aliphatic carbocycles. The molecular formula is C18H29NO2S. The van der Waals surface area contributed by atoms with Gasteiger partial charge in [0.15, 0.2) is 0 Å². The van der Waals surface area contributed by atoms with Gasteiger partial charge < -0.3 is 0 Å². The van der Waals surface area contributed by atoms with Crippen molar-refractivity contribution in [1.82, 2.24) is 4.72 Å². The van der Waals surface area contributed by atoms with Crippen LogP contribution in [0.4, 0.5) is 0 Å². The number of rotatable bonds is 5. The molecule has 0 spiro atoms. The molecule has 22 heavy (non-hydrogen) atoms. The molecule has 0 radical (unpaired) electrons. The zero-order valence-corrected chi connectivity index (χ0v) is 14.7. The van der Waals surface area contributed by atoms with Crippen LogP contribution >= 0.6 is 0 Å². The highest BCUT2D eigenvalue weighted by Gasteiger charge is 2.20. The predicted octanol–water partition coefficient (Wildman–Crippen LogP) is 4.28. The molecule has 0 saturated heterocycles. The smallest absolute Gasteiger partial charge is 0.208 e. The van der Waals surface area contributed by atoms with Crippen molar-refractivity contribution in [1.29, 1.82) is 0 Å². The molecule has 0 heterocycles. The highest BCUT2D eigenvalue weighted by atomic mass is 32.2. The van der Waals surface area contributed by atoms with Crippen LogP contribution in [0.3, 0.4) is 0 Å². The zero-order chi connectivity index (χ0) is 16.0. The maximum Gasteiger partial charge on any atom is 0.240 e. The molecule has 0 atom stereocenters. The van der Waals surface area contributed by atoms with Gasteiger partial charge in [0, 0.05) is 6.04 Å². The van der Waals surface area contributed by atoms with Crippen LogP contribution in [0, 0.1) is 5.92 Å². The molecule has 1 aromatic carbocycles. The summed E-state index contributed by atoms with van der Waals surface area (Å²) < 4.78 is 28.0. The molecular weight excluding hydrogens is 294 g/mol. The standard InChI is InChI=1S/C18H29NO2S/c1-15(2)14-16-10-12-18(13-11-16)22(20,21)19-17-8-6-4-3-5-7-9-17/h10-13,15,17,19H,3-9,14H2,1-2H3. The van der Waals surface area contributed by atoms with E-state index in [1.165, 1.54) is 24.8 Å². The lowest BCUT2D eigenvalue weighted by molar-refractivity contribution is 0.426. The van der Waals surface area contributed by atoms with Crippen LogP contribution in [0.5, 0.6) is 0 Å². The highest BCUT2D eigenvalue weighted by molar-refractivity contribution is 7.89.